The largest absolute Gasteiger partial charge is 0.370 e. The lowest BCUT2D eigenvalue weighted by Gasteiger charge is -2.24. The van der Waals surface area contributed by atoms with Crippen molar-refractivity contribution >= 4 is 50.5 Å². The Morgan fingerprint density at radius 3 is 2.37 bits per heavy atom. The minimum Gasteiger partial charge on any atom is -0.370 e. The molecular weight excluding hydrogens is 445 g/mol. The lowest BCUT2D eigenvalue weighted by Crippen LogP contribution is -2.31. The molecule has 1 fully saturated rings. The Kier molecular flexibility index (Phi) is 7.29. The average Bonchev–Trinajstić information content (AvgIpc) is 3.25. The first-order chi connectivity index (χ1) is 14.3. The third kappa shape index (κ3) is 4.75. The van der Waals surface area contributed by atoms with Crippen LogP contribution in [0.4, 0.5) is 11.4 Å². The van der Waals surface area contributed by atoms with Gasteiger partial charge in [-0.05, 0) is 49.2 Å². The molecule has 0 spiro atoms. The van der Waals surface area contributed by atoms with Crippen LogP contribution in [0.1, 0.15) is 37.0 Å². The minimum atomic E-state index is -3.66. The number of rotatable bonds is 7. The fourth-order valence-electron chi connectivity index (χ4n) is 3.58. The number of nitrogens with zero attached hydrogens (tertiary/aromatic N) is 2. The van der Waals surface area contributed by atoms with E-state index in [1.165, 1.54) is 16.4 Å². The van der Waals surface area contributed by atoms with Gasteiger partial charge >= 0.3 is 0 Å². The molecule has 0 bridgehead atoms. The summed E-state index contributed by atoms with van der Waals surface area (Å²) >= 11 is 12.2. The van der Waals surface area contributed by atoms with Crippen molar-refractivity contribution in [2.45, 2.75) is 31.6 Å². The monoisotopic (exact) mass is 469 g/mol. The number of anilines is 2. The van der Waals surface area contributed by atoms with Crippen LogP contribution in [0, 0.1) is 0 Å². The molecule has 0 unspecified atom stereocenters. The summed E-state index contributed by atoms with van der Waals surface area (Å²) in [7, 11) is -3.66. The molecule has 0 saturated carbocycles. The molecule has 1 aliphatic rings. The molecule has 2 aromatic rings. The molecule has 1 N–H and O–H groups in total. The second-order valence-electron chi connectivity index (χ2n) is 7.04. The van der Waals surface area contributed by atoms with Gasteiger partial charge in [-0.2, -0.15) is 4.31 Å². The summed E-state index contributed by atoms with van der Waals surface area (Å²) in [4.78, 5) is 15.2. The zero-order valence-electron chi connectivity index (χ0n) is 17.0. The van der Waals surface area contributed by atoms with Crippen LogP contribution in [0.5, 0.6) is 0 Å². The van der Waals surface area contributed by atoms with E-state index in [-0.39, 0.29) is 15.5 Å². The lowest BCUT2D eigenvalue weighted by atomic mass is 10.2. The second-order valence-corrected chi connectivity index (χ2v) is 9.82. The fourth-order valence-corrected chi connectivity index (χ4v) is 5.44. The van der Waals surface area contributed by atoms with Crippen LogP contribution >= 0.6 is 23.2 Å². The Balaban J connectivity index is 2.03. The first kappa shape index (κ1) is 22.9. The van der Waals surface area contributed by atoms with Gasteiger partial charge < -0.3 is 10.2 Å². The summed E-state index contributed by atoms with van der Waals surface area (Å²) in [6, 6.07) is 9.54. The topological polar surface area (TPSA) is 69.7 Å². The molecule has 0 aliphatic carbocycles. The molecule has 2 aromatic carbocycles. The highest BCUT2D eigenvalue weighted by Crippen LogP contribution is 2.33. The first-order valence-corrected chi connectivity index (χ1v) is 12.1. The molecule has 1 aliphatic heterocycles. The van der Waals surface area contributed by atoms with Crippen LogP contribution in [0.25, 0.3) is 0 Å². The number of benzene rings is 2. The molecule has 1 heterocycles. The van der Waals surface area contributed by atoms with Gasteiger partial charge in [-0.15, -0.1) is 0 Å². The number of halogens is 2. The number of hydrogen-bond acceptors (Lipinski definition) is 4. The van der Waals surface area contributed by atoms with E-state index in [1.54, 1.807) is 38.1 Å². The van der Waals surface area contributed by atoms with Crippen molar-refractivity contribution in [2.24, 2.45) is 0 Å². The molecule has 30 heavy (non-hydrogen) atoms. The maximum absolute atomic E-state index is 13.0. The standard InChI is InChI=1S/C21H25Cl2N3O3S/c1-3-26(4-2)30(28,29)16-8-10-20(25-11-5-6-12-25)19(14-16)24-21(27)17-13-15(22)7-9-18(17)23/h7-10,13-14H,3-6,11-12H2,1-2H3,(H,24,27). The molecule has 1 amide bonds. The number of carbonyl (C=O) groups excluding carboxylic acids is 1. The molecule has 162 valence electrons. The minimum absolute atomic E-state index is 0.140. The van der Waals surface area contributed by atoms with Crippen molar-refractivity contribution in [2.75, 3.05) is 36.4 Å². The van der Waals surface area contributed by atoms with E-state index < -0.39 is 15.9 Å². The predicted molar refractivity (Wildman–Crippen MR) is 122 cm³/mol. The van der Waals surface area contributed by atoms with Crippen molar-refractivity contribution in [1.29, 1.82) is 0 Å². The van der Waals surface area contributed by atoms with E-state index in [2.05, 4.69) is 10.2 Å². The third-order valence-corrected chi connectivity index (χ3v) is 7.79. The van der Waals surface area contributed by atoms with Crippen LogP contribution in [-0.2, 0) is 10.0 Å². The first-order valence-electron chi connectivity index (χ1n) is 9.93. The van der Waals surface area contributed by atoms with E-state index in [9.17, 15) is 13.2 Å². The van der Waals surface area contributed by atoms with Gasteiger partial charge in [-0.25, -0.2) is 8.42 Å². The molecule has 9 heteroatoms. The van der Waals surface area contributed by atoms with Gasteiger partial charge in [0.2, 0.25) is 10.0 Å². The van der Waals surface area contributed by atoms with E-state index >= 15 is 0 Å². The van der Waals surface area contributed by atoms with E-state index in [1.807, 2.05) is 0 Å². The second kappa shape index (κ2) is 9.56. The summed E-state index contributed by atoms with van der Waals surface area (Å²) in [5.74, 6) is -0.444. The normalized spacial score (nSPS) is 14.4. The summed E-state index contributed by atoms with van der Waals surface area (Å²) < 4.78 is 27.4. The van der Waals surface area contributed by atoms with Gasteiger partial charge in [0.1, 0.15) is 0 Å². The molecular formula is C21H25Cl2N3O3S. The van der Waals surface area contributed by atoms with Crippen molar-refractivity contribution in [1.82, 2.24) is 4.31 Å². The molecule has 0 atom stereocenters. The Morgan fingerprint density at radius 2 is 1.73 bits per heavy atom. The Morgan fingerprint density at radius 1 is 1.07 bits per heavy atom. The molecule has 0 radical (unpaired) electrons. The summed E-state index contributed by atoms with van der Waals surface area (Å²) in [5, 5.41) is 3.51. The van der Waals surface area contributed by atoms with Gasteiger partial charge in [-0.3, -0.25) is 4.79 Å². The summed E-state index contributed by atoms with van der Waals surface area (Å²) in [6.07, 6.45) is 2.10. The molecule has 1 saturated heterocycles. The third-order valence-electron chi connectivity index (χ3n) is 5.18. The van der Waals surface area contributed by atoms with Gasteiger partial charge in [0.05, 0.1) is 26.9 Å². The van der Waals surface area contributed by atoms with Crippen LogP contribution in [-0.4, -0.2) is 44.8 Å². The number of hydrogen-bond donors (Lipinski definition) is 1. The predicted octanol–water partition coefficient (Wildman–Crippen LogP) is 4.88. The maximum atomic E-state index is 13.0. The van der Waals surface area contributed by atoms with Crippen LogP contribution in [0.2, 0.25) is 10.0 Å². The number of sulfonamides is 1. The quantitative estimate of drug-likeness (QED) is 0.627. The van der Waals surface area contributed by atoms with Crippen molar-refractivity contribution in [3.8, 4) is 0 Å². The van der Waals surface area contributed by atoms with Crippen molar-refractivity contribution < 1.29 is 13.2 Å². The zero-order valence-corrected chi connectivity index (χ0v) is 19.3. The van der Waals surface area contributed by atoms with Gasteiger partial charge in [0.25, 0.3) is 5.91 Å². The van der Waals surface area contributed by atoms with Gasteiger partial charge in [0.15, 0.2) is 0 Å². The van der Waals surface area contributed by atoms with Crippen LogP contribution in [0.15, 0.2) is 41.3 Å². The number of nitrogens with one attached hydrogen (secondary N) is 1. The smallest absolute Gasteiger partial charge is 0.257 e. The maximum Gasteiger partial charge on any atom is 0.257 e. The van der Waals surface area contributed by atoms with E-state index in [0.717, 1.165) is 31.6 Å². The highest BCUT2D eigenvalue weighted by atomic mass is 35.5. The molecule has 6 nitrogen and oxygen atoms in total. The zero-order chi connectivity index (χ0) is 21.9. The Labute approximate surface area is 187 Å². The Hall–Kier alpha value is -1.80. The van der Waals surface area contributed by atoms with Crippen LogP contribution in [0.3, 0.4) is 0 Å². The van der Waals surface area contributed by atoms with E-state index in [4.69, 9.17) is 23.2 Å². The van der Waals surface area contributed by atoms with Gasteiger partial charge in [0, 0.05) is 31.2 Å². The summed E-state index contributed by atoms with van der Waals surface area (Å²) in [5.41, 5.74) is 1.46. The number of amides is 1. The number of carbonyl (C=O) groups is 1. The lowest BCUT2D eigenvalue weighted by molar-refractivity contribution is 0.102. The van der Waals surface area contributed by atoms with Crippen molar-refractivity contribution in [3.63, 3.8) is 0 Å². The average molecular weight is 470 g/mol. The highest BCUT2D eigenvalue weighted by Gasteiger charge is 2.25. The van der Waals surface area contributed by atoms with Crippen LogP contribution < -0.4 is 10.2 Å². The highest BCUT2D eigenvalue weighted by molar-refractivity contribution is 7.89. The molecule has 3 rings (SSSR count). The SMILES string of the molecule is CCN(CC)S(=O)(=O)c1ccc(N2CCCC2)c(NC(=O)c2cc(Cl)ccc2Cl)c1. The van der Waals surface area contributed by atoms with E-state index in [0.29, 0.717) is 23.8 Å². The Bertz CT molecular complexity index is 1030. The molecule has 0 aromatic heterocycles. The van der Waals surface area contributed by atoms with Gasteiger partial charge in [-0.1, -0.05) is 37.0 Å². The van der Waals surface area contributed by atoms with Crippen molar-refractivity contribution in [3.05, 3.63) is 52.0 Å². The fraction of sp³-hybridized carbons (Fsp3) is 0.381. The summed E-state index contributed by atoms with van der Waals surface area (Å²) in [6.45, 7) is 6.03.